The van der Waals surface area contributed by atoms with E-state index in [1.54, 1.807) is 0 Å². The van der Waals surface area contributed by atoms with Gasteiger partial charge in [0.25, 0.3) is 0 Å². The molecule has 0 aromatic carbocycles. The Bertz CT molecular complexity index is 551. The van der Waals surface area contributed by atoms with Crippen molar-refractivity contribution in [1.82, 2.24) is 0 Å². The van der Waals surface area contributed by atoms with Crippen LogP contribution in [0.5, 0.6) is 0 Å². The Labute approximate surface area is 140 Å². The molecule has 3 aliphatic carbocycles. The number of allylic oxidation sites excluding steroid dienone is 2. The van der Waals surface area contributed by atoms with Crippen molar-refractivity contribution in [3.05, 3.63) is 24.3 Å². The lowest BCUT2D eigenvalue weighted by Crippen LogP contribution is -2.69. The molecule has 3 nitrogen and oxygen atoms in total. The lowest BCUT2D eigenvalue weighted by molar-refractivity contribution is -0.224. The van der Waals surface area contributed by atoms with Gasteiger partial charge in [0, 0.05) is 16.7 Å². The van der Waals surface area contributed by atoms with Crippen LogP contribution in [0.25, 0.3) is 0 Å². The zero-order valence-electron chi connectivity index (χ0n) is 15.0. The number of rotatable bonds is 1. The van der Waals surface area contributed by atoms with E-state index in [1.807, 2.05) is 12.2 Å². The monoisotopic (exact) mass is 320 g/mol. The second-order valence-corrected chi connectivity index (χ2v) is 9.34. The molecule has 6 atom stereocenters. The number of aliphatic hydroxyl groups excluding tert-OH is 2. The highest BCUT2D eigenvalue weighted by Gasteiger charge is 2.66. The van der Waals surface area contributed by atoms with Crippen molar-refractivity contribution in [2.45, 2.75) is 77.6 Å². The van der Waals surface area contributed by atoms with Crippen molar-refractivity contribution >= 4 is 0 Å². The molecule has 0 bridgehead atoms. The fraction of sp³-hybridized carbons (Fsp3) is 0.800. The van der Waals surface area contributed by atoms with Crippen LogP contribution in [0.3, 0.4) is 0 Å². The standard InChI is InChI=1S/C20H32O3/c1-6-18(4)10-11-20(23)13(12-18)14(21)15(22)16-17(2,3)8-7-9-19(16,20)5/h6,12,14-16,21-23H,1,7-11H2,2-5H3/t14-,15-,16+,18+,19+,20-/m1/s1. The Hall–Kier alpha value is -0.640. The van der Waals surface area contributed by atoms with Gasteiger partial charge in [0.2, 0.25) is 0 Å². The summed E-state index contributed by atoms with van der Waals surface area (Å²) in [4.78, 5) is 0. The summed E-state index contributed by atoms with van der Waals surface area (Å²) in [5, 5.41) is 33.5. The van der Waals surface area contributed by atoms with E-state index in [1.165, 1.54) is 0 Å². The maximum atomic E-state index is 11.7. The lowest BCUT2D eigenvalue weighted by atomic mass is 9.42. The van der Waals surface area contributed by atoms with Crippen LogP contribution in [0.1, 0.15) is 59.8 Å². The normalized spacial score (nSPS) is 52.1. The van der Waals surface area contributed by atoms with Crippen LogP contribution in [0.2, 0.25) is 0 Å². The molecular weight excluding hydrogens is 288 g/mol. The molecule has 0 aromatic heterocycles. The van der Waals surface area contributed by atoms with Gasteiger partial charge in [-0.25, -0.2) is 0 Å². The van der Waals surface area contributed by atoms with Crippen LogP contribution in [0, 0.1) is 22.2 Å². The SMILES string of the molecule is C=C[C@]1(C)C=C2[C@@H](O)[C@@H](O)[C@H]3C(C)(C)CCC[C@]3(C)[C@@]2(O)CC1. The molecule has 3 N–H and O–H groups in total. The molecule has 0 spiro atoms. The third-order valence-corrected chi connectivity index (χ3v) is 7.43. The van der Waals surface area contributed by atoms with Crippen molar-refractivity contribution in [2.24, 2.45) is 22.2 Å². The van der Waals surface area contributed by atoms with Gasteiger partial charge in [-0.1, -0.05) is 46.3 Å². The van der Waals surface area contributed by atoms with Gasteiger partial charge in [-0.2, -0.15) is 0 Å². The first-order valence-electron chi connectivity index (χ1n) is 8.96. The minimum absolute atomic E-state index is 0.0894. The van der Waals surface area contributed by atoms with Gasteiger partial charge in [-0.05, 0) is 36.7 Å². The Morgan fingerprint density at radius 3 is 2.35 bits per heavy atom. The van der Waals surface area contributed by atoms with Gasteiger partial charge in [-0.15, -0.1) is 6.58 Å². The third kappa shape index (κ3) is 2.13. The molecule has 0 saturated heterocycles. The second kappa shape index (κ2) is 4.93. The second-order valence-electron chi connectivity index (χ2n) is 9.34. The number of aliphatic hydroxyl groups is 3. The predicted molar refractivity (Wildman–Crippen MR) is 91.8 cm³/mol. The summed E-state index contributed by atoms with van der Waals surface area (Å²) in [6, 6.07) is 0. The molecule has 0 unspecified atom stereocenters. The van der Waals surface area contributed by atoms with Gasteiger partial charge >= 0.3 is 0 Å². The average molecular weight is 320 g/mol. The van der Waals surface area contributed by atoms with Crippen molar-refractivity contribution in [3.8, 4) is 0 Å². The summed E-state index contributed by atoms with van der Waals surface area (Å²) in [5.74, 6) is -0.103. The topological polar surface area (TPSA) is 60.7 Å². The van der Waals surface area contributed by atoms with E-state index < -0.39 is 23.2 Å². The average Bonchev–Trinajstić information content (AvgIpc) is 2.47. The summed E-state index contributed by atoms with van der Waals surface area (Å²) in [6.07, 6.45) is 6.45. The first kappa shape index (κ1) is 17.2. The van der Waals surface area contributed by atoms with Crippen LogP contribution in [0.15, 0.2) is 24.3 Å². The molecule has 0 aliphatic heterocycles. The smallest absolute Gasteiger partial charge is 0.104 e. The molecular formula is C20H32O3. The number of hydrogen-bond acceptors (Lipinski definition) is 3. The van der Waals surface area contributed by atoms with Crippen molar-refractivity contribution < 1.29 is 15.3 Å². The van der Waals surface area contributed by atoms with Crippen LogP contribution in [-0.2, 0) is 0 Å². The molecule has 3 rings (SSSR count). The Morgan fingerprint density at radius 2 is 1.74 bits per heavy atom. The van der Waals surface area contributed by atoms with Crippen molar-refractivity contribution in [1.29, 1.82) is 0 Å². The highest BCUT2D eigenvalue weighted by molar-refractivity contribution is 5.38. The Balaban J connectivity index is 2.18. The van der Waals surface area contributed by atoms with Gasteiger partial charge in [0.1, 0.15) is 6.10 Å². The summed E-state index contributed by atoms with van der Waals surface area (Å²) < 4.78 is 0. The molecule has 130 valence electrons. The molecule has 2 fully saturated rings. The maximum absolute atomic E-state index is 11.7. The highest BCUT2D eigenvalue weighted by Crippen LogP contribution is 2.65. The fourth-order valence-corrected chi connectivity index (χ4v) is 6.00. The van der Waals surface area contributed by atoms with E-state index in [2.05, 4.69) is 34.3 Å². The van der Waals surface area contributed by atoms with Gasteiger partial charge in [-0.3, -0.25) is 0 Å². The Kier molecular flexibility index (Phi) is 3.69. The van der Waals surface area contributed by atoms with Crippen LogP contribution in [-0.4, -0.2) is 33.1 Å². The number of fused-ring (bicyclic) bond motifs is 3. The third-order valence-electron chi connectivity index (χ3n) is 7.43. The molecule has 3 aliphatic rings. The van der Waals surface area contributed by atoms with E-state index in [-0.39, 0.29) is 16.7 Å². The van der Waals surface area contributed by atoms with Gasteiger partial charge < -0.3 is 15.3 Å². The maximum Gasteiger partial charge on any atom is 0.104 e. The van der Waals surface area contributed by atoms with E-state index in [4.69, 9.17) is 0 Å². The minimum Gasteiger partial charge on any atom is -0.390 e. The molecule has 0 radical (unpaired) electrons. The van der Waals surface area contributed by atoms with E-state index >= 15 is 0 Å². The lowest BCUT2D eigenvalue weighted by Gasteiger charge is -2.65. The largest absolute Gasteiger partial charge is 0.390 e. The minimum atomic E-state index is -1.03. The number of hydrogen-bond donors (Lipinski definition) is 3. The van der Waals surface area contributed by atoms with Gasteiger partial charge in [0.05, 0.1) is 11.7 Å². The molecule has 23 heavy (non-hydrogen) atoms. The molecule has 0 heterocycles. The highest BCUT2D eigenvalue weighted by atomic mass is 16.3. The van der Waals surface area contributed by atoms with Crippen molar-refractivity contribution in [3.63, 3.8) is 0 Å². The first-order chi connectivity index (χ1) is 10.5. The molecule has 0 amide bonds. The Morgan fingerprint density at radius 1 is 1.09 bits per heavy atom. The summed E-state index contributed by atoms with van der Waals surface area (Å²) in [6.45, 7) is 12.4. The van der Waals surface area contributed by atoms with Gasteiger partial charge in [0.15, 0.2) is 0 Å². The molecule has 0 aromatic rings. The summed E-state index contributed by atoms with van der Waals surface area (Å²) in [5.41, 5.74) is -1.13. The fourth-order valence-electron chi connectivity index (χ4n) is 6.00. The van der Waals surface area contributed by atoms with Crippen LogP contribution < -0.4 is 0 Å². The van der Waals surface area contributed by atoms with E-state index in [9.17, 15) is 15.3 Å². The zero-order chi connectivity index (χ0) is 17.3. The quantitative estimate of drug-likeness (QED) is 0.650. The predicted octanol–water partition coefficient (Wildman–Crippen LogP) is 3.20. The first-order valence-corrected chi connectivity index (χ1v) is 8.96. The van der Waals surface area contributed by atoms with Crippen LogP contribution >= 0.6 is 0 Å². The summed E-state index contributed by atoms with van der Waals surface area (Å²) >= 11 is 0. The zero-order valence-corrected chi connectivity index (χ0v) is 15.0. The molecule has 3 heteroatoms. The van der Waals surface area contributed by atoms with Crippen molar-refractivity contribution in [2.75, 3.05) is 0 Å². The molecule has 2 saturated carbocycles. The van der Waals surface area contributed by atoms with E-state index in [0.29, 0.717) is 12.0 Å². The summed E-state index contributed by atoms with van der Waals surface area (Å²) in [7, 11) is 0. The van der Waals surface area contributed by atoms with E-state index in [0.717, 1.165) is 25.7 Å². The van der Waals surface area contributed by atoms with Crippen LogP contribution in [0.4, 0.5) is 0 Å².